The van der Waals surface area contributed by atoms with E-state index in [2.05, 4.69) is 15.5 Å². The summed E-state index contributed by atoms with van der Waals surface area (Å²) in [5, 5.41) is 11.1. The van der Waals surface area contributed by atoms with Gasteiger partial charge in [-0.05, 0) is 54.1 Å². The van der Waals surface area contributed by atoms with Crippen LogP contribution in [0.5, 0.6) is 11.5 Å². The largest absolute Gasteiger partial charge is 0.493 e. The molecule has 182 valence electrons. The fraction of sp³-hybridized carbons (Fsp3) is 0.111. The summed E-state index contributed by atoms with van der Waals surface area (Å²) in [6.45, 7) is 0. The summed E-state index contributed by atoms with van der Waals surface area (Å²) >= 11 is 1.12. The van der Waals surface area contributed by atoms with Crippen LogP contribution in [0, 0.1) is 0 Å². The number of anilines is 1. The second-order valence-corrected chi connectivity index (χ2v) is 8.39. The van der Waals surface area contributed by atoms with E-state index in [0.29, 0.717) is 34.2 Å². The van der Waals surface area contributed by atoms with Crippen molar-refractivity contribution in [2.24, 2.45) is 0 Å². The van der Waals surface area contributed by atoms with E-state index in [1.165, 1.54) is 6.08 Å². The highest BCUT2D eigenvalue weighted by atomic mass is 32.2. The molecule has 0 aliphatic carbocycles. The van der Waals surface area contributed by atoms with Gasteiger partial charge < -0.3 is 19.2 Å². The first kappa shape index (κ1) is 24.7. The lowest BCUT2D eigenvalue weighted by molar-refractivity contribution is -0.113. The van der Waals surface area contributed by atoms with Crippen molar-refractivity contribution in [1.29, 1.82) is 0 Å². The van der Waals surface area contributed by atoms with Crippen molar-refractivity contribution in [3.63, 3.8) is 0 Å². The summed E-state index contributed by atoms with van der Waals surface area (Å²) in [5.74, 6) is 1.16. The Morgan fingerprint density at radius 2 is 1.69 bits per heavy atom. The minimum absolute atomic E-state index is 0.0774. The second kappa shape index (κ2) is 11.9. The number of benzene rings is 3. The molecule has 0 aliphatic heterocycles. The molecule has 36 heavy (non-hydrogen) atoms. The zero-order chi connectivity index (χ0) is 25.3. The van der Waals surface area contributed by atoms with Crippen molar-refractivity contribution in [3.8, 4) is 23.0 Å². The molecular formula is C27H23N3O5S. The molecule has 1 N–H and O–H groups in total. The third-order valence-electron chi connectivity index (χ3n) is 5.04. The van der Waals surface area contributed by atoms with Crippen LogP contribution in [0.3, 0.4) is 0 Å². The number of rotatable bonds is 10. The lowest BCUT2D eigenvalue weighted by Crippen LogP contribution is -2.14. The van der Waals surface area contributed by atoms with Crippen LogP contribution in [0.4, 0.5) is 5.69 Å². The molecular weight excluding hydrogens is 478 g/mol. The van der Waals surface area contributed by atoms with Crippen LogP contribution in [-0.4, -0.2) is 41.9 Å². The van der Waals surface area contributed by atoms with Crippen molar-refractivity contribution in [3.05, 3.63) is 90.0 Å². The molecule has 1 amide bonds. The number of carbonyl (C=O) groups is 2. The molecule has 0 bridgehead atoms. The van der Waals surface area contributed by atoms with E-state index < -0.39 is 0 Å². The SMILES string of the molecule is COc1ccc(-c2nnc(SCC(=O)Nc3ccc(C(=O)/C=C/c4ccccc4)cc3)o2)cc1OC. The Bertz CT molecular complexity index is 1370. The molecule has 0 unspecified atom stereocenters. The number of nitrogens with one attached hydrogen (secondary N) is 1. The van der Waals surface area contributed by atoms with E-state index in [1.54, 1.807) is 62.8 Å². The number of hydrogen-bond acceptors (Lipinski definition) is 8. The van der Waals surface area contributed by atoms with Gasteiger partial charge in [-0.3, -0.25) is 9.59 Å². The molecule has 1 heterocycles. The van der Waals surface area contributed by atoms with Gasteiger partial charge in [0.05, 0.1) is 20.0 Å². The Morgan fingerprint density at radius 3 is 2.42 bits per heavy atom. The minimum atomic E-state index is -0.242. The highest BCUT2D eigenvalue weighted by Crippen LogP contribution is 2.32. The number of aromatic nitrogens is 2. The highest BCUT2D eigenvalue weighted by molar-refractivity contribution is 7.99. The molecule has 8 nitrogen and oxygen atoms in total. The van der Waals surface area contributed by atoms with Gasteiger partial charge in [-0.1, -0.05) is 48.2 Å². The van der Waals surface area contributed by atoms with Crippen molar-refractivity contribution in [2.75, 3.05) is 25.3 Å². The van der Waals surface area contributed by atoms with Crippen LogP contribution in [-0.2, 0) is 4.79 Å². The monoisotopic (exact) mass is 501 g/mol. The quantitative estimate of drug-likeness (QED) is 0.175. The van der Waals surface area contributed by atoms with Gasteiger partial charge in [0.25, 0.3) is 5.22 Å². The van der Waals surface area contributed by atoms with Crippen molar-refractivity contribution in [2.45, 2.75) is 5.22 Å². The summed E-state index contributed by atoms with van der Waals surface area (Å²) in [4.78, 5) is 24.7. The topological polar surface area (TPSA) is 104 Å². The average Bonchev–Trinajstić information content (AvgIpc) is 3.40. The summed E-state index contributed by atoms with van der Waals surface area (Å²) in [5.41, 5.74) is 2.73. The Labute approximate surface area is 212 Å². The molecule has 0 aliphatic rings. The highest BCUT2D eigenvalue weighted by Gasteiger charge is 2.14. The predicted octanol–water partition coefficient (Wildman–Crippen LogP) is 5.38. The lowest BCUT2D eigenvalue weighted by atomic mass is 10.1. The first-order chi connectivity index (χ1) is 17.6. The number of allylic oxidation sites excluding steroid dienone is 1. The molecule has 0 atom stereocenters. The molecule has 3 aromatic carbocycles. The fourth-order valence-corrected chi connectivity index (χ4v) is 3.79. The molecule has 1 aromatic heterocycles. The fourth-order valence-electron chi connectivity index (χ4n) is 3.23. The van der Waals surface area contributed by atoms with Gasteiger partial charge in [0, 0.05) is 16.8 Å². The van der Waals surface area contributed by atoms with Gasteiger partial charge in [-0.15, -0.1) is 10.2 Å². The van der Waals surface area contributed by atoms with Crippen molar-refractivity contribution < 1.29 is 23.5 Å². The number of ether oxygens (including phenoxy) is 2. The molecule has 0 saturated carbocycles. The van der Waals surface area contributed by atoms with Crippen molar-refractivity contribution >= 4 is 35.2 Å². The zero-order valence-corrected chi connectivity index (χ0v) is 20.5. The Kier molecular flexibility index (Phi) is 8.15. The maximum absolute atomic E-state index is 12.4. The third kappa shape index (κ3) is 6.39. The normalized spacial score (nSPS) is 10.8. The van der Waals surface area contributed by atoms with E-state index >= 15 is 0 Å². The molecule has 4 rings (SSSR count). The first-order valence-electron chi connectivity index (χ1n) is 10.9. The standard InChI is InChI=1S/C27H23N3O5S/c1-33-23-15-11-20(16-24(23)34-2)26-29-30-27(35-26)36-17-25(32)28-21-12-9-19(10-13-21)22(31)14-8-18-6-4-3-5-7-18/h3-16H,17H2,1-2H3,(H,28,32)/b14-8+. The van der Waals surface area contributed by atoms with Crippen LogP contribution in [0.15, 0.2) is 88.5 Å². The second-order valence-electron chi connectivity index (χ2n) is 7.47. The maximum Gasteiger partial charge on any atom is 0.277 e. The smallest absolute Gasteiger partial charge is 0.277 e. The molecule has 0 spiro atoms. The number of hydrogen-bond donors (Lipinski definition) is 1. The van der Waals surface area contributed by atoms with E-state index in [1.807, 2.05) is 30.3 Å². The van der Waals surface area contributed by atoms with Gasteiger partial charge >= 0.3 is 0 Å². The number of amides is 1. The summed E-state index contributed by atoms with van der Waals surface area (Å²) in [6, 6.07) is 21.6. The molecule has 4 aromatic rings. The van der Waals surface area contributed by atoms with Crippen LogP contribution in [0.1, 0.15) is 15.9 Å². The minimum Gasteiger partial charge on any atom is -0.493 e. The number of methoxy groups -OCH3 is 2. The zero-order valence-electron chi connectivity index (χ0n) is 19.6. The molecule has 9 heteroatoms. The number of nitrogens with zero attached hydrogens (tertiary/aromatic N) is 2. The van der Waals surface area contributed by atoms with Crippen LogP contribution in [0.25, 0.3) is 17.5 Å². The number of thioether (sulfide) groups is 1. The Balaban J connectivity index is 1.29. The van der Waals surface area contributed by atoms with E-state index in [-0.39, 0.29) is 22.7 Å². The molecule has 0 fully saturated rings. The Morgan fingerprint density at radius 1 is 0.944 bits per heavy atom. The van der Waals surface area contributed by atoms with Gasteiger partial charge in [0.1, 0.15) is 0 Å². The number of carbonyl (C=O) groups excluding carboxylic acids is 2. The molecule has 0 saturated heterocycles. The summed E-state index contributed by atoms with van der Waals surface area (Å²) in [6.07, 6.45) is 3.30. The maximum atomic E-state index is 12.4. The summed E-state index contributed by atoms with van der Waals surface area (Å²) in [7, 11) is 3.10. The first-order valence-corrected chi connectivity index (χ1v) is 11.9. The Hall–Kier alpha value is -4.37. The molecule has 0 radical (unpaired) electrons. The lowest BCUT2D eigenvalue weighted by Gasteiger charge is -2.07. The average molecular weight is 502 g/mol. The van der Waals surface area contributed by atoms with E-state index in [0.717, 1.165) is 17.3 Å². The predicted molar refractivity (Wildman–Crippen MR) is 138 cm³/mol. The van der Waals surface area contributed by atoms with E-state index in [9.17, 15) is 9.59 Å². The number of ketones is 1. The van der Waals surface area contributed by atoms with E-state index in [4.69, 9.17) is 13.9 Å². The van der Waals surface area contributed by atoms with Gasteiger partial charge in [-0.25, -0.2) is 0 Å². The van der Waals surface area contributed by atoms with Gasteiger partial charge in [0.2, 0.25) is 11.8 Å². The van der Waals surface area contributed by atoms with Crippen LogP contribution >= 0.6 is 11.8 Å². The third-order valence-corrected chi connectivity index (χ3v) is 5.86. The van der Waals surface area contributed by atoms with Gasteiger partial charge in [0.15, 0.2) is 17.3 Å². The van der Waals surface area contributed by atoms with Crippen molar-refractivity contribution in [1.82, 2.24) is 10.2 Å². The van der Waals surface area contributed by atoms with Crippen LogP contribution in [0.2, 0.25) is 0 Å². The van der Waals surface area contributed by atoms with Crippen LogP contribution < -0.4 is 14.8 Å². The summed E-state index contributed by atoms with van der Waals surface area (Å²) < 4.78 is 16.2. The van der Waals surface area contributed by atoms with Gasteiger partial charge in [-0.2, -0.15) is 0 Å².